The molecule has 0 spiro atoms. The molecule has 1 saturated carbocycles. The summed E-state index contributed by atoms with van der Waals surface area (Å²) in [6.45, 7) is 2.84. The van der Waals surface area contributed by atoms with Crippen molar-refractivity contribution in [1.82, 2.24) is 9.88 Å². The summed E-state index contributed by atoms with van der Waals surface area (Å²) in [7, 11) is 0. The highest BCUT2D eigenvalue weighted by Crippen LogP contribution is 2.25. The van der Waals surface area contributed by atoms with Gasteiger partial charge in [-0.3, -0.25) is 9.59 Å². The Morgan fingerprint density at radius 3 is 2.72 bits per heavy atom. The van der Waals surface area contributed by atoms with E-state index in [1.165, 1.54) is 19.3 Å². The van der Waals surface area contributed by atoms with Gasteiger partial charge in [0.1, 0.15) is 6.10 Å². The number of nitrogens with zero attached hydrogens (tertiary/aromatic N) is 2. The Labute approximate surface area is 148 Å². The third-order valence-corrected chi connectivity index (χ3v) is 5.12. The van der Waals surface area contributed by atoms with Crippen molar-refractivity contribution in [2.45, 2.75) is 51.6 Å². The van der Waals surface area contributed by atoms with Crippen LogP contribution < -0.4 is 4.74 Å². The number of aliphatic carboxylic acids is 1. The lowest BCUT2D eigenvalue weighted by Crippen LogP contribution is -2.45. The highest BCUT2D eigenvalue weighted by molar-refractivity contribution is 5.94. The molecule has 2 heterocycles. The van der Waals surface area contributed by atoms with Crippen LogP contribution in [-0.4, -0.2) is 46.1 Å². The quantitative estimate of drug-likeness (QED) is 0.906. The van der Waals surface area contributed by atoms with E-state index >= 15 is 0 Å². The monoisotopic (exact) mass is 346 g/mol. The molecular weight excluding hydrogens is 320 g/mol. The predicted octanol–water partition coefficient (Wildman–Crippen LogP) is 2.98. The first kappa shape index (κ1) is 17.7. The molecule has 0 radical (unpaired) electrons. The fourth-order valence-corrected chi connectivity index (χ4v) is 3.84. The van der Waals surface area contributed by atoms with Crippen LogP contribution >= 0.6 is 0 Å². The largest absolute Gasteiger partial charge is 0.481 e. The Bertz CT molecular complexity index is 628. The molecule has 1 aromatic rings. The van der Waals surface area contributed by atoms with Crippen molar-refractivity contribution in [1.29, 1.82) is 0 Å². The van der Waals surface area contributed by atoms with Crippen LogP contribution in [-0.2, 0) is 4.79 Å². The fourth-order valence-electron chi connectivity index (χ4n) is 3.84. The molecule has 2 fully saturated rings. The van der Waals surface area contributed by atoms with Crippen LogP contribution in [0, 0.1) is 11.8 Å². The van der Waals surface area contributed by atoms with Crippen LogP contribution in [0.5, 0.6) is 5.88 Å². The Morgan fingerprint density at radius 1 is 1.24 bits per heavy atom. The molecule has 2 aliphatic rings. The molecule has 6 nitrogen and oxygen atoms in total. The summed E-state index contributed by atoms with van der Waals surface area (Å²) in [6, 6.07) is 3.36. The minimum atomic E-state index is -0.833. The van der Waals surface area contributed by atoms with Crippen molar-refractivity contribution >= 4 is 11.9 Å². The molecule has 6 heteroatoms. The maximum Gasteiger partial charge on any atom is 0.308 e. The highest BCUT2D eigenvalue weighted by atomic mass is 16.5. The van der Waals surface area contributed by atoms with Crippen LogP contribution in [0.1, 0.15) is 55.8 Å². The van der Waals surface area contributed by atoms with E-state index < -0.39 is 11.9 Å². The number of likely N-dealkylation sites (tertiary alicyclic amines) is 1. The molecule has 1 aliphatic heterocycles. The zero-order chi connectivity index (χ0) is 17.8. The zero-order valence-corrected chi connectivity index (χ0v) is 14.7. The van der Waals surface area contributed by atoms with E-state index in [1.807, 2.05) is 6.92 Å². The SMILES string of the molecule is CC1CC(C(=O)O)CN(C(=O)c2ccnc(OC3CCCCC3)c2)C1. The number of carboxylic acids is 1. The number of ether oxygens (including phenoxy) is 1. The van der Waals surface area contributed by atoms with Gasteiger partial charge >= 0.3 is 5.97 Å². The van der Waals surface area contributed by atoms with Gasteiger partial charge < -0.3 is 14.7 Å². The number of amides is 1. The Balaban J connectivity index is 1.69. The van der Waals surface area contributed by atoms with Gasteiger partial charge in [-0.15, -0.1) is 0 Å². The van der Waals surface area contributed by atoms with E-state index in [2.05, 4.69) is 4.98 Å². The van der Waals surface area contributed by atoms with Gasteiger partial charge in [-0.05, 0) is 44.1 Å². The standard InChI is InChI=1S/C19H26N2O4/c1-13-9-15(19(23)24)12-21(11-13)18(22)14-7-8-20-17(10-14)25-16-5-3-2-4-6-16/h7-8,10,13,15-16H,2-6,9,11-12H2,1H3,(H,23,24). The molecule has 1 aliphatic carbocycles. The normalized spacial score (nSPS) is 24.8. The molecule has 1 N–H and O–H groups in total. The van der Waals surface area contributed by atoms with Gasteiger partial charge in [0, 0.05) is 30.9 Å². The molecule has 0 bridgehead atoms. The summed E-state index contributed by atoms with van der Waals surface area (Å²) < 4.78 is 5.94. The highest BCUT2D eigenvalue weighted by Gasteiger charge is 2.32. The molecule has 2 unspecified atom stereocenters. The summed E-state index contributed by atoms with van der Waals surface area (Å²) in [4.78, 5) is 30.0. The van der Waals surface area contributed by atoms with Crippen molar-refractivity contribution in [2.75, 3.05) is 13.1 Å². The van der Waals surface area contributed by atoms with Gasteiger partial charge in [0.15, 0.2) is 0 Å². The lowest BCUT2D eigenvalue weighted by atomic mass is 9.90. The van der Waals surface area contributed by atoms with Crippen LogP contribution in [0.3, 0.4) is 0 Å². The molecular formula is C19H26N2O4. The first-order valence-electron chi connectivity index (χ1n) is 9.17. The van der Waals surface area contributed by atoms with Gasteiger partial charge in [-0.2, -0.15) is 0 Å². The Kier molecular flexibility index (Phi) is 5.56. The number of carbonyl (C=O) groups is 2. The topological polar surface area (TPSA) is 79.7 Å². The van der Waals surface area contributed by atoms with Crippen molar-refractivity contribution in [3.8, 4) is 5.88 Å². The molecule has 1 saturated heterocycles. The first-order chi connectivity index (χ1) is 12.0. The van der Waals surface area contributed by atoms with Gasteiger partial charge in [-0.25, -0.2) is 4.98 Å². The lowest BCUT2D eigenvalue weighted by molar-refractivity contribution is -0.143. The second kappa shape index (κ2) is 7.85. The molecule has 25 heavy (non-hydrogen) atoms. The summed E-state index contributed by atoms with van der Waals surface area (Å²) >= 11 is 0. The van der Waals surface area contributed by atoms with Crippen molar-refractivity contribution in [3.63, 3.8) is 0 Å². The number of carboxylic acid groups (broad SMARTS) is 1. The van der Waals surface area contributed by atoms with Gasteiger partial charge in [0.05, 0.1) is 5.92 Å². The summed E-state index contributed by atoms with van der Waals surface area (Å²) in [5.41, 5.74) is 0.513. The maximum absolute atomic E-state index is 12.8. The summed E-state index contributed by atoms with van der Waals surface area (Å²) in [6.07, 6.45) is 8.05. The number of hydrogen-bond acceptors (Lipinski definition) is 4. The number of hydrogen-bond donors (Lipinski definition) is 1. The predicted molar refractivity (Wildman–Crippen MR) is 92.5 cm³/mol. The maximum atomic E-state index is 12.8. The second-order valence-corrected chi connectivity index (χ2v) is 7.35. The number of rotatable bonds is 4. The number of carbonyl (C=O) groups excluding carboxylic acids is 1. The van der Waals surface area contributed by atoms with E-state index in [1.54, 1.807) is 23.2 Å². The van der Waals surface area contributed by atoms with Crippen LogP contribution in [0.4, 0.5) is 0 Å². The Hall–Kier alpha value is -2.11. The van der Waals surface area contributed by atoms with E-state index in [9.17, 15) is 14.7 Å². The molecule has 136 valence electrons. The van der Waals surface area contributed by atoms with Crippen LogP contribution in [0.2, 0.25) is 0 Å². The number of piperidine rings is 1. The van der Waals surface area contributed by atoms with Crippen LogP contribution in [0.15, 0.2) is 18.3 Å². The van der Waals surface area contributed by atoms with Crippen molar-refractivity contribution in [3.05, 3.63) is 23.9 Å². The molecule has 1 aromatic heterocycles. The smallest absolute Gasteiger partial charge is 0.308 e. The van der Waals surface area contributed by atoms with E-state index in [0.717, 1.165) is 12.8 Å². The third-order valence-electron chi connectivity index (χ3n) is 5.12. The van der Waals surface area contributed by atoms with E-state index in [-0.39, 0.29) is 24.5 Å². The summed E-state index contributed by atoms with van der Waals surface area (Å²) in [5.74, 6) is -0.808. The van der Waals surface area contributed by atoms with Crippen molar-refractivity contribution < 1.29 is 19.4 Å². The van der Waals surface area contributed by atoms with E-state index in [0.29, 0.717) is 24.4 Å². The lowest BCUT2D eigenvalue weighted by Gasteiger charge is -2.34. The Morgan fingerprint density at radius 2 is 2.00 bits per heavy atom. The minimum Gasteiger partial charge on any atom is -0.481 e. The van der Waals surface area contributed by atoms with Crippen LogP contribution in [0.25, 0.3) is 0 Å². The number of pyridine rings is 1. The average Bonchev–Trinajstić information content (AvgIpc) is 2.61. The van der Waals surface area contributed by atoms with Gasteiger partial charge in [0.25, 0.3) is 5.91 Å². The molecule has 1 amide bonds. The van der Waals surface area contributed by atoms with Gasteiger partial charge in [-0.1, -0.05) is 13.3 Å². The fraction of sp³-hybridized carbons (Fsp3) is 0.632. The van der Waals surface area contributed by atoms with Crippen molar-refractivity contribution in [2.24, 2.45) is 11.8 Å². The molecule has 3 rings (SSSR count). The van der Waals surface area contributed by atoms with E-state index in [4.69, 9.17) is 4.74 Å². The van der Waals surface area contributed by atoms with Gasteiger partial charge in [0.2, 0.25) is 5.88 Å². The molecule has 0 aromatic carbocycles. The molecule has 2 atom stereocenters. The third kappa shape index (κ3) is 4.50. The number of aromatic nitrogens is 1. The minimum absolute atomic E-state index is 0.145. The zero-order valence-electron chi connectivity index (χ0n) is 14.7. The second-order valence-electron chi connectivity index (χ2n) is 7.35. The first-order valence-corrected chi connectivity index (χ1v) is 9.17. The average molecular weight is 346 g/mol. The summed E-state index contributed by atoms with van der Waals surface area (Å²) in [5, 5.41) is 9.28.